The van der Waals surface area contributed by atoms with E-state index in [0.717, 1.165) is 142 Å². The first-order valence-corrected chi connectivity index (χ1v) is 32.6. The van der Waals surface area contributed by atoms with Crippen LogP contribution in [0.25, 0.3) is 71.3 Å². The van der Waals surface area contributed by atoms with Gasteiger partial charge in [-0.1, -0.05) is 122 Å². The van der Waals surface area contributed by atoms with Crippen LogP contribution in [0.3, 0.4) is 0 Å². The highest BCUT2D eigenvalue weighted by atomic mass is 16.5. The highest BCUT2D eigenvalue weighted by molar-refractivity contribution is 6.00. The lowest BCUT2D eigenvalue weighted by Crippen LogP contribution is -2.13. The molecule has 0 aromatic heterocycles. The van der Waals surface area contributed by atoms with Crippen molar-refractivity contribution in [2.24, 2.45) is 0 Å². The number of Topliss-reactive ketones (excluding diaryl/α,β-unsaturated/α-hetero) is 2. The number of carbonyl (C=O) groups is 6. The minimum atomic E-state index is -0.824. The third-order valence-electron chi connectivity index (χ3n) is 18.4. The van der Waals surface area contributed by atoms with Crippen molar-refractivity contribution in [3.8, 4) is 50.6 Å². The van der Waals surface area contributed by atoms with Gasteiger partial charge in [0.15, 0.2) is 11.6 Å². The molecule has 10 aromatic rings. The Morgan fingerprint density at radius 3 is 1.16 bits per heavy atom. The maximum Gasteiger partial charge on any atom is 0.312 e. The highest BCUT2D eigenvalue weighted by Crippen LogP contribution is 2.40. The molecule has 12 nitrogen and oxygen atoms in total. The van der Waals surface area contributed by atoms with Crippen molar-refractivity contribution >= 4 is 73.1 Å². The van der Waals surface area contributed by atoms with Crippen LogP contribution in [0.15, 0.2) is 194 Å². The summed E-state index contributed by atoms with van der Waals surface area (Å²) < 4.78 is 25.8. The summed E-state index contributed by atoms with van der Waals surface area (Å²) in [6.07, 6.45) is 9.06. The van der Waals surface area contributed by atoms with E-state index in [-0.39, 0.29) is 41.1 Å². The minimum Gasteiger partial charge on any atom is -0.497 e. The van der Waals surface area contributed by atoms with E-state index in [2.05, 4.69) is 42.5 Å². The Bertz CT molecular complexity index is 4530. The molecule has 96 heavy (non-hydrogen) atoms. The number of benzene rings is 10. The fourth-order valence-electron chi connectivity index (χ4n) is 12.6. The number of ether oxygens (including phenoxy) is 5. The van der Waals surface area contributed by atoms with E-state index in [1.54, 1.807) is 54.2 Å². The first kappa shape index (κ1) is 69.9. The number of aliphatic carboxylic acids is 1. The van der Waals surface area contributed by atoms with Crippen LogP contribution in [0.1, 0.15) is 147 Å². The molecule has 0 heterocycles. The molecule has 2 aliphatic rings. The van der Waals surface area contributed by atoms with Gasteiger partial charge in [-0.25, -0.2) is 0 Å². The average Bonchev–Trinajstić information content (AvgIpc) is 0.816. The van der Waals surface area contributed by atoms with E-state index in [1.165, 1.54) is 38.2 Å². The molecule has 4 atom stereocenters. The van der Waals surface area contributed by atoms with Crippen molar-refractivity contribution in [1.82, 2.24) is 0 Å². The van der Waals surface area contributed by atoms with Crippen LogP contribution in [-0.4, -0.2) is 75.9 Å². The van der Waals surface area contributed by atoms with Crippen molar-refractivity contribution in [3.05, 3.63) is 239 Å². The predicted octanol–water partition coefficient (Wildman–Crippen LogP) is 18.9. The van der Waals surface area contributed by atoms with Crippen LogP contribution in [0.5, 0.6) is 17.2 Å². The molecule has 0 fully saturated rings. The Morgan fingerprint density at radius 1 is 0.385 bits per heavy atom. The Hall–Kier alpha value is -10.5. The molecule has 0 spiro atoms. The number of allylic oxidation sites excluding steroid dienone is 2. The number of ketones is 3. The first-order valence-electron chi connectivity index (χ1n) is 32.6. The molecule has 12 rings (SSSR count). The number of fused-ring (bicyclic) bond motifs is 4. The van der Waals surface area contributed by atoms with Crippen LogP contribution in [0, 0.1) is 0 Å². The van der Waals surface area contributed by atoms with E-state index < -0.39 is 17.8 Å². The minimum absolute atomic E-state index is 0.0213. The number of esters is 2. The van der Waals surface area contributed by atoms with Gasteiger partial charge in [0.05, 0.1) is 53.3 Å². The molecular formula is C84H84O12. The van der Waals surface area contributed by atoms with E-state index in [0.29, 0.717) is 12.0 Å². The summed E-state index contributed by atoms with van der Waals surface area (Å²) in [4.78, 5) is 71.1. The smallest absolute Gasteiger partial charge is 0.312 e. The quantitative estimate of drug-likeness (QED) is 0.0719. The second kappa shape index (κ2) is 32.1. The Morgan fingerprint density at radius 2 is 0.781 bits per heavy atom. The van der Waals surface area contributed by atoms with Gasteiger partial charge in [-0.2, -0.15) is 0 Å². The molecule has 0 bridgehead atoms. The van der Waals surface area contributed by atoms with Crippen molar-refractivity contribution in [2.75, 3.05) is 35.5 Å². The van der Waals surface area contributed by atoms with Crippen LogP contribution < -0.4 is 14.2 Å². The number of methoxy groups -OCH3 is 5. The molecule has 0 aliphatic heterocycles. The zero-order valence-electron chi connectivity index (χ0n) is 56.7. The summed E-state index contributed by atoms with van der Waals surface area (Å²) in [5.74, 6) is 0.0465. The molecule has 10 aromatic carbocycles. The summed E-state index contributed by atoms with van der Waals surface area (Å²) in [5.41, 5.74) is 15.5. The number of rotatable bonds is 16. The number of hydrogen-bond acceptors (Lipinski definition) is 11. The lowest BCUT2D eigenvalue weighted by Gasteiger charge is -2.24. The summed E-state index contributed by atoms with van der Waals surface area (Å²) in [6.45, 7) is 10.6. The number of hydrogen-bond donors (Lipinski definition) is 1. The summed E-state index contributed by atoms with van der Waals surface area (Å²) in [7, 11) is 7.75. The highest BCUT2D eigenvalue weighted by Gasteiger charge is 2.26. The normalized spacial score (nSPS) is 13.7. The van der Waals surface area contributed by atoms with Gasteiger partial charge in [0.2, 0.25) is 0 Å². The topological polar surface area (TPSA) is 169 Å². The van der Waals surface area contributed by atoms with Crippen molar-refractivity contribution in [3.63, 3.8) is 0 Å². The van der Waals surface area contributed by atoms with Gasteiger partial charge < -0.3 is 28.8 Å². The molecular weight excluding hydrogens is 1200 g/mol. The number of carboxylic acid groups (broad SMARTS) is 1. The zero-order chi connectivity index (χ0) is 68.7. The summed E-state index contributed by atoms with van der Waals surface area (Å²) >= 11 is 0. The van der Waals surface area contributed by atoms with E-state index in [4.69, 9.17) is 23.7 Å². The average molecular weight is 1290 g/mol. The molecule has 1 N–H and O–H groups in total. The fourth-order valence-corrected chi connectivity index (χ4v) is 12.6. The number of carboxylic acids is 1. The molecule has 0 saturated carbocycles. The largest absolute Gasteiger partial charge is 0.497 e. The third-order valence-corrected chi connectivity index (χ3v) is 18.4. The van der Waals surface area contributed by atoms with Gasteiger partial charge >= 0.3 is 17.9 Å². The lowest BCUT2D eigenvalue weighted by atomic mass is 9.80. The lowest BCUT2D eigenvalue weighted by molar-refractivity contribution is -0.142. The number of aryl methyl sites for hydroxylation is 2. The van der Waals surface area contributed by atoms with Gasteiger partial charge in [0.25, 0.3) is 0 Å². The Labute approximate surface area is 562 Å². The summed E-state index contributed by atoms with van der Waals surface area (Å²) in [6, 6.07) is 61.8. The Kier molecular flexibility index (Phi) is 23.4. The van der Waals surface area contributed by atoms with Gasteiger partial charge in [0, 0.05) is 17.9 Å². The van der Waals surface area contributed by atoms with Gasteiger partial charge in [0.1, 0.15) is 23.0 Å². The van der Waals surface area contributed by atoms with Gasteiger partial charge in [-0.05, 0) is 262 Å². The Balaban J connectivity index is 0.000000151. The third kappa shape index (κ3) is 16.5. The predicted molar refractivity (Wildman–Crippen MR) is 384 cm³/mol. The van der Waals surface area contributed by atoms with Crippen molar-refractivity contribution in [1.29, 1.82) is 0 Å². The van der Waals surface area contributed by atoms with Crippen molar-refractivity contribution < 1.29 is 57.6 Å². The second-order valence-electron chi connectivity index (χ2n) is 24.6. The first-order chi connectivity index (χ1) is 46.2. The van der Waals surface area contributed by atoms with Crippen LogP contribution in [0.4, 0.5) is 0 Å². The van der Waals surface area contributed by atoms with E-state index >= 15 is 0 Å². The SMILES string of the molecule is CC(=O)C(C)c1cc2c(cc1C1=CC(=O)CCC1)CCCC2.COC(=O)C(C)c1cc2ccc(OC)cc2cc1-c1ccc(C(C)=O)cc1.COC(=O)C(C)c1cc2ccc(OC)cc2cc1-c1ccccc1.COc1ccc2cc(C(C)C(=O)O)c(-c3ccccc3)cc2c1. The summed E-state index contributed by atoms with van der Waals surface area (Å²) in [5, 5.41) is 15.7. The van der Waals surface area contributed by atoms with Gasteiger partial charge in [-0.3, -0.25) is 28.8 Å². The van der Waals surface area contributed by atoms with Crippen LogP contribution >= 0.6 is 0 Å². The molecule has 4 unspecified atom stereocenters. The standard InChI is InChI=1S/C23H22O4.C21H20O3.C20H18O3.C20H24O2/c1-14(23(25)27-4)21-12-18-9-10-20(26-3)11-19(18)13-22(21)17-7-5-16(6-8-17)15(2)24;1-14(21(22)24-3)19-12-16-9-10-18(23-2)11-17(16)13-20(19)15-7-5-4-6-8-15;1-13(20(21)22)18-11-15-8-9-17(23-2)10-16(15)12-19(18)14-6-4-3-5-7-14;1-13(14(2)21)19-11-15-6-3-4-7-16(15)12-20(19)17-8-5-9-18(22)10-17/h5-14H,1-4H3;4-14H,1-3H3;3-13H,1-2H3,(H,21,22);10-13H,3-9H2,1-2H3. The number of carbonyl (C=O) groups excluding carboxylic acids is 5. The molecule has 0 saturated heterocycles. The zero-order valence-corrected chi connectivity index (χ0v) is 56.7. The van der Waals surface area contributed by atoms with E-state index in [1.807, 2.05) is 160 Å². The molecule has 2 aliphatic carbocycles. The molecule has 12 heteroatoms. The maximum atomic E-state index is 12.2. The van der Waals surface area contributed by atoms with Crippen LogP contribution in [0.2, 0.25) is 0 Å². The van der Waals surface area contributed by atoms with E-state index in [9.17, 15) is 33.9 Å². The maximum absolute atomic E-state index is 12.2. The monoisotopic (exact) mass is 1280 g/mol. The van der Waals surface area contributed by atoms with Crippen LogP contribution in [-0.2, 0) is 46.3 Å². The molecule has 492 valence electrons. The fraction of sp³-hybridized carbons (Fsp3) is 0.262. The van der Waals surface area contributed by atoms with Crippen molar-refractivity contribution in [2.45, 2.75) is 110 Å². The molecule has 0 amide bonds. The van der Waals surface area contributed by atoms with Gasteiger partial charge in [-0.15, -0.1) is 0 Å². The molecule has 0 radical (unpaired) electrons. The second-order valence-corrected chi connectivity index (χ2v) is 24.6.